The standard InChI is InChI=1S/C16H17BrFNO/c1-10-3-6-16(14(7-10)11(2)19)20-9-12-4-5-13(18)8-15(12)17/h3-8,11H,9,19H2,1-2H3/t11-/m1/s1. The molecule has 0 unspecified atom stereocenters. The summed E-state index contributed by atoms with van der Waals surface area (Å²) in [7, 11) is 0. The number of nitrogens with two attached hydrogens (primary N) is 1. The van der Waals surface area contributed by atoms with Crippen molar-refractivity contribution < 1.29 is 9.13 Å². The fraction of sp³-hybridized carbons (Fsp3) is 0.250. The number of benzene rings is 2. The molecule has 0 spiro atoms. The quantitative estimate of drug-likeness (QED) is 0.891. The van der Waals surface area contributed by atoms with Crippen LogP contribution in [0, 0.1) is 12.7 Å². The molecule has 0 bridgehead atoms. The highest BCUT2D eigenvalue weighted by molar-refractivity contribution is 9.10. The van der Waals surface area contributed by atoms with Gasteiger partial charge in [-0.15, -0.1) is 0 Å². The number of hydrogen-bond donors (Lipinski definition) is 1. The number of hydrogen-bond acceptors (Lipinski definition) is 2. The molecule has 0 aliphatic carbocycles. The highest BCUT2D eigenvalue weighted by Crippen LogP contribution is 2.27. The average molecular weight is 338 g/mol. The van der Waals surface area contributed by atoms with E-state index in [0.29, 0.717) is 11.1 Å². The van der Waals surface area contributed by atoms with Gasteiger partial charge in [-0.05, 0) is 32.0 Å². The molecule has 0 aromatic heterocycles. The zero-order valence-electron chi connectivity index (χ0n) is 11.5. The van der Waals surface area contributed by atoms with Gasteiger partial charge in [0.15, 0.2) is 0 Å². The van der Waals surface area contributed by atoms with Crippen LogP contribution in [0.3, 0.4) is 0 Å². The zero-order valence-corrected chi connectivity index (χ0v) is 13.1. The maximum Gasteiger partial charge on any atom is 0.124 e. The van der Waals surface area contributed by atoms with Crippen molar-refractivity contribution in [2.24, 2.45) is 5.73 Å². The molecule has 2 nitrogen and oxygen atoms in total. The molecule has 20 heavy (non-hydrogen) atoms. The van der Waals surface area contributed by atoms with Gasteiger partial charge in [-0.3, -0.25) is 0 Å². The van der Waals surface area contributed by atoms with E-state index < -0.39 is 0 Å². The predicted molar refractivity (Wildman–Crippen MR) is 82.2 cm³/mol. The summed E-state index contributed by atoms with van der Waals surface area (Å²) in [4.78, 5) is 0. The normalized spacial score (nSPS) is 12.2. The third kappa shape index (κ3) is 3.58. The van der Waals surface area contributed by atoms with Gasteiger partial charge in [0.25, 0.3) is 0 Å². The SMILES string of the molecule is Cc1ccc(OCc2ccc(F)cc2Br)c([C@@H](C)N)c1. The molecule has 0 amide bonds. The Bertz CT molecular complexity index is 613. The monoisotopic (exact) mass is 337 g/mol. The minimum atomic E-state index is -0.271. The van der Waals surface area contributed by atoms with Crippen molar-refractivity contribution in [3.8, 4) is 5.75 Å². The summed E-state index contributed by atoms with van der Waals surface area (Å²) in [5.41, 5.74) is 8.98. The molecule has 106 valence electrons. The Labute approximate surface area is 126 Å². The molecule has 1 atom stereocenters. The molecule has 0 fully saturated rings. The summed E-state index contributed by atoms with van der Waals surface area (Å²) in [6.07, 6.45) is 0. The Hall–Kier alpha value is -1.39. The second kappa shape index (κ2) is 6.37. The van der Waals surface area contributed by atoms with Crippen molar-refractivity contribution in [1.82, 2.24) is 0 Å². The minimum Gasteiger partial charge on any atom is -0.489 e. The van der Waals surface area contributed by atoms with E-state index in [1.54, 1.807) is 6.07 Å². The number of halogens is 2. The zero-order chi connectivity index (χ0) is 14.7. The second-order valence-corrected chi connectivity index (χ2v) is 5.71. The highest BCUT2D eigenvalue weighted by atomic mass is 79.9. The molecule has 2 rings (SSSR count). The van der Waals surface area contributed by atoms with Crippen LogP contribution in [-0.2, 0) is 6.61 Å². The average Bonchev–Trinajstić information content (AvgIpc) is 2.38. The molecule has 2 aromatic rings. The summed E-state index contributed by atoms with van der Waals surface area (Å²) in [6.45, 7) is 4.31. The van der Waals surface area contributed by atoms with Gasteiger partial charge in [-0.1, -0.05) is 39.7 Å². The van der Waals surface area contributed by atoms with Gasteiger partial charge >= 0.3 is 0 Å². The first kappa shape index (κ1) is 15.0. The Balaban J connectivity index is 2.18. The fourth-order valence-electron chi connectivity index (χ4n) is 1.95. The van der Waals surface area contributed by atoms with Gasteiger partial charge in [-0.2, -0.15) is 0 Å². The number of ether oxygens (including phenoxy) is 1. The van der Waals surface area contributed by atoms with Gasteiger partial charge < -0.3 is 10.5 Å². The third-order valence-corrected chi connectivity index (χ3v) is 3.79. The Morgan fingerprint density at radius 1 is 1.25 bits per heavy atom. The second-order valence-electron chi connectivity index (χ2n) is 4.85. The van der Waals surface area contributed by atoms with E-state index in [4.69, 9.17) is 10.5 Å². The van der Waals surface area contributed by atoms with Gasteiger partial charge in [-0.25, -0.2) is 4.39 Å². The fourth-order valence-corrected chi connectivity index (χ4v) is 2.41. The lowest BCUT2D eigenvalue weighted by atomic mass is 10.1. The van der Waals surface area contributed by atoms with Crippen molar-refractivity contribution >= 4 is 15.9 Å². The minimum absolute atomic E-state index is 0.0958. The summed E-state index contributed by atoms with van der Waals surface area (Å²) >= 11 is 3.34. The molecule has 0 saturated heterocycles. The molecular weight excluding hydrogens is 321 g/mol. The van der Waals surface area contributed by atoms with Crippen molar-refractivity contribution in [1.29, 1.82) is 0 Å². The molecule has 2 aromatic carbocycles. The van der Waals surface area contributed by atoms with Gasteiger partial charge in [0.2, 0.25) is 0 Å². The molecule has 0 heterocycles. The summed E-state index contributed by atoms with van der Waals surface area (Å²) in [5.74, 6) is 0.494. The summed E-state index contributed by atoms with van der Waals surface area (Å²) < 4.78 is 19.6. The lowest BCUT2D eigenvalue weighted by Gasteiger charge is -2.15. The van der Waals surface area contributed by atoms with Crippen LogP contribution in [0.4, 0.5) is 4.39 Å². The molecule has 0 saturated carbocycles. The maximum atomic E-state index is 13.0. The summed E-state index contributed by atoms with van der Waals surface area (Å²) in [6, 6.07) is 10.4. The van der Waals surface area contributed by atoms with Crippen LogP contribution in [0.1, 0.15) is 29.7 Å². The van der Waals surface area contributed by atoms with Crippen molar-refractivity contribution in [3.63, 3.8) is 0 Å². The molecule has 4 heteroatoms. The van der Waals surface area contributed by atoms with Gasteiger partial charge in [0.05, 0.1) is 0 Å². The molecular formula is C16H17BrFNO. The first-order valence-corrected chi connectivity index (χ1v) is 7.19. The Morgan fingerprint density at radius 3 is 2.65 bits per heavy atom. The molecule has 0 radical (unpaired) electrons. The van der Waals surface area contributed by atoms with E-state index in [9.17, 15) is 4.39 Å². The maximum absolute atomic E-state index is 13.0. The van der Waals surface area contributed by atoms with E-state index in [-0.39, 0.29) is 11.9 Å². The van der Waals surface area contributed by atoms with E-state index in [1.165, 1.54) is 12.1 Å². The van der Waals surface area contributed by atoms with Crippen LogP contribution in [0.25, 0.3) is 0 Å². The van der Waals surface area contributed by atoms with Crippen molar-refractivity contribution in [2.75, 3.05) is 0 Å². The third-order valence-electron chi connectivity index (χ3n) is 3.05. The van der Waals surface area contributed by atoms with Crippen LogP contribution in [0.2, 0.25) is 0 Å². The van der Waals surface area contributed by atoms with Crippen molar-refractivity contribution in [2.45, 2.75) is 26.5 Å². The Morgan fingerprint density at radius 2 is 2.00 bits per heavy atom. The highest BCUT2D eigenvalue weighted by Gasteiger charge is 2.09. The van der Waals surface area contributed by atoms with E-state index in [2.05, 4.69) is 15.9 Å². The van der Waals surface area contributed by atoms with Crippen molar-refractivity contribution in [3.05, 3.63) is 63.4 Å². The van der Waals surface area contributed by atoms with E-state index >= 15 is 0 Å². The molecule has 0 aliphatic heterocycles. The molecule has 0 aliphatic rings. The van der Waals surface area contributed by atoms with E-state index in [0.717, 1.165) is 22.4 Å². The first-order chi connectivity index (χ1) is 9.47. The van der Waals surface area contributed by atoms with E-state index in [1.807, 2.05) is 32.0 Å². The molecule has 2 N–H and O–H groups in total. The largest absolute Gasteiger partial charge is 0.489 e. The smallest absolute Gasteiger partial charge is 0.124 e. The summed E-state index contributed by atoms with van der Waals surface area (Å²) in [5, 5.41) is 0. The van der Waals surface area contributed by atoms with Gasteiger partial charge in [0.1, 0.15) is 18.2 Å². The number of rotatable bonds is 4. The van der Waals surface area contributed by atoms with Crippen LogP contribution in [0.5, 0.6) is 5.75 Å². The van der Waals surface area contributed by atoms with Crippen LogP contribution in [0.15, 0.2) is 40.9 Å². The first-order valence-electron chi connectivity index (χ1n) is 6.40. The van der Waals surface area contributed by atoms with Crippen LogP contribution >= 0.6 is 15.9 Å². The topological polar surface area (TPSA) is 35.2 Å². The van der Waals surface area contributed by atoms with Gasteiger partial charge in [0, 0.05) is 21.6 Å². The lowest BCUT2D eigenvalue weighted by Crippen LogP contribution is -2.08. The Kier molecular flexibility index (Phi) is 4.78. The van der Waals surface area contributed by atoms with Crippen LogP contribution < -0.4 is 10.5 Å². The predicted octanol–water partition coefficient (Wildman–Crippen LogP) is 4.50. The number of aryl methyl sites for hydroxylation is 1. The van der Waals surface area contributed by atoms with Crippen LogP contribution in [-0.4, -0.2) is 0 Å². The lowest BCUT2D eigenvalue weighted by molar-refractivity contribution is 0.300.